The molecule has 3 aliphatic carbocycles. The van der Waals surface area contributed by atoms with Crippen molar-refractivity contribution < 1.29 is 24.9 Å². The predicted octanol–water partition coefficient (Wildman–Crippen LogP) is 3.49. The van der Waals surface area contributed by atoms with E-state index in [-0.39, 0.29) is 30.4 Å². The Morgan fingerprint density at radius 2 is 1.49 bits per heavy atom. The van der Waals surface area contributed by atoms with Gasteiger partial charge in [-0.15, -0.1) is 0 Å². The number of carboxylic acids is 1. The molecule has 0 radical (unpaired) electrons. The first kappa shape index (κ1) is 28.2. The summed E-state index contributed by atoms with van der Waals surface area (Å²) in [6, 6.07) is 10.5. The lowest BCUT2D eigenvalue weighted by atomic mass is 9.67. The lowest BCUT2D eigenvalue weighted by molar-refractivity contribution is -0.135. The van der Waals surface area contributed by atoms with Crippen LogP contribution in [0.4, 0.5) is 4.79 Å². The highest BCUT2D eigenvalue weighted by atomic mass is 16.4. The highest BCUT2D eigenvalue weighted by Gasteiger charge is 2.57. The summed E-state index contributed by atoms with van der Waals surface area (Å²) in [6.07, 6.45) is 11.4. The van der Waals surface area contributed by atoms with Crippen molar-refractivity contribution in [3.8, 4) is 0 Å². The largest absolute Gasteiger partial charge is 0.477 e. The van der Waals surface area contributed by atoms with E-state index in [0.717, 1.165) is 44.2 Å². The minimum Gasteiger partial charge on any atom is -0.477 e. The van der Waals surface area contributed by atoms with E-state index in [0.29, 0.717) is 38.8 Å². The number of aliphatic carboxylic acids is 1. The number of rotatable bonds is 8. The molecule has 41 heavy (non-hydrogen) atoms. The fraction of sp³-hybridized carbons (Fsp3) is 0.625. The molecule has 2 heterocycles. The van der Waals surface area contributed by atoms with Crippen molar-refractivity contribution in [2.75, 3.05) is 40.3 Å². The van der Waals surface area contributed by atoms with E-state index < -0.39 is 22.7 Å². The number of carbonyl (C=O) groups is 2. The van der Waals surface area contributed by atoms with Crippen LogP contribution in [0.25, 0.3) is 0 Å². The number of nitrogens with zero attached hydrogens (tertiary/aromatic N) is 4. The Hall–Kier alpha value is -2.88. The molecule has 5 aliphatic rings. The van der Waals surface area contributed by atoms with Gasteiger partial charge in [0, 0.05) is 17.8 Å². The van der Waals surface area contributed by atoms with Crippen molar-refractivity contribution in [3.05, 3.63) is 59.4 Å². The maximum Gasteiger partial charge on any atom is 0.352 e. The Kier molecular flexibility index (Phi) is 6.98. The average molecular weight is 565 g/mol. The maximum atomic E-state index is 14.2. The van der Waals surface area contributed by atoms with E-state index in [9.17, 15) is 24.9 Å². The van der Waals surface area contributed by atoms with Gasteiger partial charge in [-0.2, -0.15) is 0 Å². The summed E-state index contributed by atoms with van der Waals surface area (Å²) in [6.45, 7) is 1.34. The number of urea groups is 1. The van der Waals surface area contributed by atoms with Crippen LogP contribution in [0.5, 0.6) is 0 Å². The molecule has 9 heteroatoms. The standard InChI is InChI=1S/C32H44N4O5/c1-33(2)32(24-8-4-3-5-9-24)18-16-29(17-19-32)21-35(28(39)36(29)23-31(41)14-7-15-31)25-10-11-26(27(37)38)34(20-25)22-30(40)12-6-13-30/h3-5,8-11,40-41H,6-7,12-23H2,1-2H3,(H,37,38). The lowest BCUT2D eigenvalue weighted by Crippen LogP contribution is -2.59. The summed E-state index contributed by atoms with van der Waals surface area (Å²) < 4.78 is 0. The minimum atomic E-state index is -1.03. The third-order valence-electron chi connectivity index (χ3n) is 10.9. The second-order valence-electron chi connectivity index (χ2n) is 13.5. The summed E-state index contributed by atoms with van der Waals surface area (Å²) in [5, 5.41) is 31.9. The van der Waals surface area contributed by atoms with Crippen LogP contribution in [0.15, 0.2) is 53.9 Å². The fourth-order valence-corrected chi connectivity index (χ4v) is 7.83. The average Bonchev–Trinajstić information content (AvgIpc) is 3.18. The Morgan fingerprint density at radius 3 is 2.02 bits per heavy atom. The van der Waals surface area contributed by atoms with Crippen molar-refractivity contribution in [1.82, 2.24) is 19.6 Å². The zero-order valence-corrected chi connectivity index (χ0v) is 24.4. The molecule has 0 atom stereocenters. The first-order valence-electron chi connectivity index (χ1n) is 15.1. The molecule has 3 saturated carbocycles. The molecule has 9 nitrogen and oxygen atoms in total. The van der Waals surface area contributed by atoms with Crippen LogP contribution in [-0.4, -0.2) is 104 Å². The van der Waals surface area contributed by atoms with Crippen molar-refractivity contribution in [1.29, 1.82) is 0 Å². The number of benzene rings is 1. The van der Waals surface area contributed by atoms with Gasteiger partial charge >= 0.3 is 12.0 Å². The molecular weight excluding hydrogens is 520 g/mol. The van der Waals surface area contributed by atoms with Gasteiger partial charge in [-0.3, -0.25) is 9.80 Å². The first-order valence-corrected chi connectivity index (χ1v) is 15.1. The Morgan fingerprint density at radius 1 is 0.878 bits per heavy atom. The molecular formula is C32H44N4O5. The molecule has 4 fully saturated rings. The van der Waals surface area contributed by atoms with Crippen molar-refractivity contribution >= 4 is 12.0 Å². The molecule has 1 spiro atoms. The predicted molar refractivity (Wildman–Crippen MR) is 155 cm³/mol. The molecule has 2 amide bonds. The minimum absolute atomic E-state index is 0.108. The molecule has 2 aliphatic heterocycles. The van der Waals surface area contributed by atoms with Crippen LogP contribution in [-0.2, 0) is 10.3 Å². The Balaban J connectivity index is 1.29. The number of β-amino-alcohol motifs (C(OH)–C–C–N with tert-alkyl or cyclic N) is 2. The van der Waals surface area contributed by atoms with Gasteiger partial charge in [0.15, 0.2) is 0 Å². The maximum absolute atomic E-state index is 14.2. The fourth-order valence-electron chi connectivity index (χ4n) is 7.83. The van der Waals surface area contributed by atoms with Crippen LogP contribution in [0.3, 0.4) is 0 Å². The number of amides is 2. The molecule has 0 aromatic heterocycles. The van der Waals surface area contributed by atoms with Crippen LogP contribution >= 0.6 is 0 Å². The molecule has 0 bridgehead atoms. The van der Waals surface area contributed by atoms with Crippen LogP contribution in [0.2, 0.25) is 0 Å². The van der Waals surface area contributed by atoms with E-state index in [1.54, 1.807) is 17.1 Å². The van der Waals surface area contributed by atoms with Gasteiger partial charge in [0.05, 0.1) is 36.4 Å². The van der Waals surface area contributed by atoms with Crippen LogP contribution < -0.4 is 0 Å². The molecule has 6 rings (SSSR count). The Bertz CT molecular complexity index is 1240. The van der Waals surface area contributed by atoms with Gasteiger partial charge in [-0.05, 0) is 96.0 Å². The molecule has 0 unspecified atom stereocenters. The van der Waals surface area contributed by atoms with E-state index in [1.165, 1.54) is 5.56 Å². The summed E-state index contributed by atoms with van der Waals surface area (Å²) in [4.78, 5) is 34.1. The van der Waals surface area contributed by atoms with Gasteiger partial charge in [0.2, 0.25) is 0 Å². The lowest BCUT2D eigenvalue weighted by Gasteiger charge is -2.52. The normalized spacial score (nSPS) is 30.7. The summed E-state index contributed by atoms with van der Waals surface area (Å²) in [7, 11) is 4.27. The van der Waals surface area contributed by atoms with Gasteiger partial charge < -0.3 is 25.1 Å². The summed E-state index contributed by atoms with van der Waals surface area (Å²) >= 11 is 0. The summed E-state index contributed by atoms with van der Waals surface area (Å²) in [5.41, 5.74) is -0.0824. The molecule has 222 valence electrons. The number of carboxylic acid groups (broad SMARTS) is 1. The topological polar surface area (TPSA) is 108 Å². The third-order valence-corrected chi connectivity index (χ3v) is 10.9. The second kappa shape index (κ2) is 10.1. The van der Waals surface area contributed by atoms with Crippen molar-refractivity contribution in [2.45, 2.75) is 86.5 Å². The quantitative estimate of drug-likeness (QED) is 0.444. The summed E-state index contributed by atoms with van der Waals surface area (Å²) in [5.74, 6) is -1.03. The number of aliphatic hydroxyl groups is 2. The van der Waals surface area contributed by atoms with Gasteiger partial charge in [-0.1, -0.05) is 30.3 Å². The zero-order valence-electron chi connectivity index (χ0n) is 24.4. The second-order valence-corrected chi connectivity index (χ2v) is 13.5. The number of carbonyl (C=O) groups excluding carboxylic acids is 1. The van der Waals surface area contributed by atoms with Gasteiger partial charge in [0.1, 0.15) is 5.70 Å². The molecule has 1 aromatic carbocycles. The number of allylic oxidation sites excluding steroid dienone is 2. The smallest absolute Gasteiger partial charge is 0.352 e. The van der Waals surface area contributed by atoms with Crippen molar-refractivity contribution in [3.63, 3.8) is 0 Å². The zero-order chi connectivity index (χ0) is 29.0. The van der Waals surface area contributed by atoms with Gasteiger partial charge in [0.25, 0.3) is 0 Å². The Labute approximate surface area is 242 Å². The molecule has 3 N–H and O–H groups in total. The van der Waals surface area contributed by atoms with Crippen molar-refractivity contribution in [2.24, 2.45) is 0 Å². The number of hydrogen-bond donors (Lipinski definition) is 3. The molecule has 1 saturated heterocycles. The van der Waals surface area contributed by atoms with Gasteiger partial charge in [-0.25, -0.2) is 9.59 Å². The first-order chi connectivity index (χ1) is 19.5. The monoisotopic (exact) mass is 564 g/mol. The molecule has 1 aromatic rings. The highest BCUT2D eigenvalue weighted by Crippen LogP contribution is 2.50. The SMILES string of the molecule is CN(C)C1(c2ccccc2)CCC2(CC1)CN(C1=CC=C(C(=O)O)N(CC3(O)CCC3)C1)C(=O)N2CC1(O)CCC1. The van der Waals surface area contributed by atoms with Crippen LogP contribution in [0.1, 0.15) is 69.8 Å². The van der Waals surface area contributed by atoms with E-state index in [4.69, 9.17) is 0 Å². The van der Waals surface area contributed by atoms with E-state index in [2.05, 4.69) is 43.3 Å². The number of hydrogen-bond acceptors (Lipinski definition) is 6. The highest BCUT2D eigenvalue weighted by molar-refractivity contribution is 5.87. The third kappa shape index (κ3) is 4.85. The van der Waals surface area contributed by atoms with E-state index in [1.807, 2.05) is 15.9 Å². The van der Waals surface area contributed by atoms with Crippen LogP contribution in [0, 0.1) is 0 Å². The van der Waals surface area contributed by atoms with E-state index >= 15 is 0 Å².